The lowest BCUT2D eigenvalue weighted by molar-refractivity contribution is -0.422. The largest absolute Gasteiger partial charge is 0.508 e. The van der Waals surface area contributed by atoms with Crippen LogP contribution in [0.5, 0.6) is 5.75 Å². The Morgan fingerprint density at radius 1 is 0.789 bits per heavy atom. The molecule has 2 aromatic carbocycles. The average molecular weight is 260 g/mol. The standard InChI is InChI=1S/C12H8N2O5/c15-10-4-1-8(2-5-10)9-3-6-11(13(16)17)12(7-9)14(18)19/h1-7,15H. The van der Waals surface area contributed by atoms with E-state index in [4.69, 9.17) is 5.11 Å². The fourth-order valence-corrected chi connectivity index (χ4v) is 1.66. The molecule has 2 aromatic rings. The third-order valence-corrected chi connectivity index (χ3v) is 2.57. The number of rotatable bonds is 3. The maximum absolute atomic E-state index is 10.8. The van der Waals surface area contributed by atoms with E-state index in [2.05, 4.69) is 0 Å². The fraction of sp³-hybridized carbons (Fsp3) is 0. The fourth-order valence-electron chi connectivity index (χ4n) is 1.66. The number of hydrogen-bond acceptors (Lipinski definition) is 5. The summed E-state index contributed by atoms with van der Waals surface area (Å²) < 4.78 is 0. The molecule has 0 radical (unpaired) electrons. The van der Waals surface area contributed by atoms with Gasteiger partial charge in [0.25, 0.3) is 0 Å². The number of benzene rings is 2. The van der Waals surface area contributed by atoms with Gasteiger partial charge < -0.3 is 5.11 Å². The second-order valence-electron chi connectivity index (χ2n) is 3.76. The zero-order chi connectivity index (χ0) is 14.0. The highest BCUT2D eigenvalue weighted by Crippen LogP contribution is 2.32. The van der Waals surface area contributed by atoms with Crippen LogP contribution in [0.25, 0.3) is 11.1 Å². The third-order valence-electron chi connectivity index (χ3n) is 2.57. The second kappa shape index (κ2) is 4.73. The van der Waals surface area contributed by atoms with E-state index in [1.54, 1.807) is 12.1 Å². The van der Waals surface area contributed by atoms with Gasteiger partial charge in [-0.2, -0.15) is 0 Å². The maximum Gasteiger partial charge on any atom is 0.346 e. The van der Waals surface area contributed by atoms with E-state index in [-0.39, 0.29) is 5.75 Å². The molecule has 0 saturated heterocycles. The minimum Gasteiger partial charge on any atom is -0.508 e. The Balaban J connectivity index is 2.55. The first-order valence-electron chi connectivity index (χ1n) is 5.21. The van der Waals surface area contributed by atoms with Crippen LogP contribution in [-0.2, 0) is 0 Å². The summed E-state index contributed by atoms with van der Waals surface area (Å²) >= 11 is 0. The third kappa shape index (κ3) is 2.49. The van der Waals surface area contributed by atoms with Crippen molar-refractivity contribution in [1.82, 2.24) is 0 Å². The van der Waals surface area contributed by atoms with Crippen molar-refractivity contribution in [3.63, 3.8) is 0 Å². The van der Waals surface area contributed by atoms with Crippen LogP contribution in [0.4, 0.5) is 11.4 Å². The molecule has 0 unspecified atom stereocenters. The van der Waals surface area contributed by atoms with Crippen LogP contribution in [-0.4, -0.2) is 15.0 Å². The predicted molar refractivity (Wildman–Crippen MR) is 66.9 cm³/mol. The minimum atomic E-state index is -0.793. The normalized spacial score (nSPS) is 10.1. The van der Waals surface area contributed by atoms with Gasteiger partial charge in [-0.3, -0.25) is 20.2 Å². The molecule has 7 heteroatoms. The molecular weight excluding hydrogens is 252 g/mol. The Labute approximate surface area is 107 Å². The molecule has 19 heavy (non-hydrogen) atoms. The summed E-state index contributed by atoms with van der Waals surface area (Å²) in [6.07, 6.45) is 0. The van der Waals surface area contributed by atoms with Crippen LogP contribution in [0.3, 0.4) is 0 Å². The Bertz CT molecular complexity index is 652. The van der Waals surface area contributed by atoms with Crippen molar-refractivity contribution in [2.45, 2.75) is 0 Å². The van der Waals surface area contributed by atoms with Crippen molar-refractivity contribution in [2.24, 2.45) is 0 Å². The van der Waals surface area contributed by atoms with Crippen LogP contribution in [0.15, 0.2) is 42.5 Å². The Kier molecular flexibility index (Phi) is 3.11. The summed E-state index contributed by atoms with van der Waals surface area (Å²) in [6.45, 7) is 0. The van der Waals surface area contributed by atoms with Crippen LogP contribution < -0.4 is 0 Å². The molecular formula is C12H8N2O5. The Morgan fingerprint density at radius 3 is 1.84 bits per heavy atom. The molecule has 0 bridgehead atoms. The number of aromatic hydroxyl groups is 1. The molecule has 1 N–H and O–H groups in total. The maximum atomic E-state index is 10.8. The van der Waals surface area contributed by atoms with E-state index in [0.717, 1.165) is 12.1 Å². The number of phenolic OH excluding ortho intramolecular Hbond substituents is 1. The van der Waals surface area contributed by atoms with Gasteiger partial charge in [0.15, 0.2) is 0 Å². The molecule has 7 nitrogen and oxygen atoms in total. The summed E-state index contributed by atoms with van der Waals surface area (Å²) in [4.78, 5) is 19.9. The van der Waals surface area contributed by atoms with Crippen molar-refractivity contribution in [3.05, 3.63) is 62.7 Å². The highest BCUT2D eigenvalue weighted by atomic mass is 16.6. The molecule has 0 aliphatic carbocycles. The van der Waals surface area contributed by atoms with Crippen molar-refractivity contribution in [2.75, 3.05) is 0 Å². The van der Waals surface area contributed by atoms with Gasteiger partial charge in [-0.1, -0.05) is 12.1 Å². The smallest absolute Gasteiger partial charge is 0.346 e. The lowest BCUT2D eigenvalue weighted by atomic mass is 10.0. The van der Waals surface area contributed by atoms with Gasteiger partial charge in [-0.15, -0.1) is 0 Å². The molecule has 0 aromatic heterocycles. The highest BCUT2D eigenvalue weighted by Gasteiger charge is 2.24. The lowest BCUT2D eigenvalue weighted by Crippen LogP contribution is -1.96. The van der Waals surface area contributed by atoms with E-state index in [1.807, 2.05) is 0 Å². The second-order valence-corrected chi connectivity index (χ2v) is 3.76. The van der Waals surface area contributed by atoms with E-state index in [9.17, 15) is 20.2 Å². The van der Waals surface area contributed by atoms with E-state index >= 15 is 0 Å². The first-order valence-corrected chi connectivity index (χ1v) is 5.21. The van der Waals surface area contributed by atoms with E-state index < -0.39 is 21.2 Å². The van der Waals surface area contributed by atoms with E-state index in [0.29, 0.717) is 11.1 Å². The molecule has 0 spiro atoms. The van der Waals surface area contributed by atoms with Crippen LogP contribution >= 0.6 is 0 Å². The summed E-state index contributed by atoms with van der Waals surface area (Å²) in [5, 5.41) is 30.7. The zero-order valence-electron chi connectivity index (χ0n) is 9.52. The zero-order valence-corrected chi connectivity index (χ0v) is 9.52. The van der Waals surface area contributed by atoms with Crippen LogP contribution in [0.1, 0.15) is 0 Å². The van der Waals surface area contributed by atoms with Crippen LogP contribution in [0, 0.1) is 20.2 Å². The summed E-state index contributed by atoms with van der Waals surface area (Å²) in [5.74, 6) is 0.0696. The summed E-state index contributed by atoms with van der Waals surface area (Å²) in [6, 6.07) is 9.67. The van der Waals surface area contributed by atoms with Gasteiger partial charge in [0.1, 0.15) is 5.75 Å². The SMILES string of the molecule is O=[N+]([O-])c1ccc(-c2ccc(O)cc2)cc1[N+](=O)[O-]. The van der Waals surface area contributed by atoms with Gasteiger partial charge >= 0.3 is 11.4 Å². The quantitative estimate of drug-likeness (QED) is 0.674. The van der Waals surface area contributed by atoms with Gasteiger partial charge in [-0.25, -0.2) is 0 Å². The molecule has 0 aliphatic heterocycles. The van der Waals surface area contributed by atoms with Crippen molar-refractivity contribution < 1.29 is 15.0 Å². The topological polar surface area (TPSA) is 107 Å². The Hall–Kier alpha value is -2.96. The van der Waals surface area contributed by atoms with Gasteiger partial charge in [0.05, 0.1) is 9.85 Å². The molecule has 2 rings (SSSR count). The summed E-state index contributed by atoms with van der Waals surface area (Å²) in [5.41, 5.74) is -0.0174. The van der Waals surface area contributed by atoms with Crippen LogP contribution in [0.2, 0.25) is 0 Å². The van der Waals surface area contributed by atoms with Crippen molar-refractivity contribution in [3.8, 4) is 16.9 Å². The number of nitrogens with zero attached hydrogens (tertiary/aromatic N) is 2. The molecule has 96 valence electrons. The van der Waals surface area contributed by atoms with Crippen molar-refractivity contribution >= 4 is 11.4 Å². The number of nitro benzene ring substituents is 2. The highest BCUT2D eigenvalue weighted by molar-refractivity contribution is 5.70. The predicted octanol–water partition coefficient (Wildman–Crippen LogP) is 2.88. The molecule has 0 aliphatic rings. The van der Waals surface area contributed by atoms with Gasteiger partial charge in [0.2, 0.25) is 0 Å². The Morgan fingerprint density at radius 2 is 1.32 bits per heavy atom. The molecule has 0 amide bonds. The number of hydrogen-bond donors (Lipinski definition) is 1. The summed E-state index contributed by atoms with van der Waals surface area (Å²) in [7, 11) is 0. The number of phenols is 1. The molecule has 0 heterocycles. The molecule has 0 saturated carbocycles. The first kappa shape index (κ1) is 12.5. The monoisotopic (exact) mass is 260 g/mol. The molecule has 0 atom stereocenters. The average Bonchev–Trinajstić information content (AvgIpc) is 2.38. The molecule has 0 fully saturated rings. The number of nitro groups is 2. The van der Waals surface area contributed by atoms with Gasteiger partial charge in [0, 0.05) is 12.1 Å². The first-order chi connectivity index (χ1) is 8.99. The minimum absolute atomic E-state index is 0.0696. The van der Waals surface area contributed by atoms with Crippen molar-refractivity contribution in [1.29, 1.82) is 0 Å². The van der Waals surface area contributed by atoms with Gasteiger partial charge in [-0.05, 0) is 29.3 Å². The lowest BCUT2D eigenvalue weighted by Gasteiger charge is -2.02. The van der Waals surface area contributed by atoms with E-state index in [1.165, 1.54) is 18.2 Å².